The highest BCUT2D eigenvalue weighted by atomic mass is 15.1. The minimum absolute atomic E-state index is 0.397. The Bertz CT molecular complexity index is 1120. The van der Waals surface area contributed by atoms with Crippen molar-refractivity contribution in [2.75, 3.05) is 0 Å². The van der Waals surface area contributed by atoms with E-state index in [9.17, 15) is 0 Å². The fourth-order valence-electron chi connectivity index (χ4n) is 4.14. The van der Waals surface area contributed by atoms with Gasteiger partial charge in [-0.15, -0.1) is 0 Å². The van der Waals surface area contributed by atoms with Gasteiger partial charge in [0.1, 0.15) is 5.82 Å². The average Bonchev–Trinajstić information content (AvgIpc) is 3.22. The van der Waals surface area contributed by atoms with Crippen molar-refractivity contribution in [2.24, 2.45) is 0 Å². The number of hydrogen-bond donors (Lipinski definition) is 0. The number of hydrogen-bond acceptors (Lipinski definition) is 1. The summed E-state index contributed by atoms with van der Waals surface area (Å²) in [6, 6.07) is 23.9. The molecule has 0 fully saturated rings. The molecule has 0 spiro atoms. The molecule has 0 N–H and O–H groups in total. The van der Waals surface area contributed by atoms with Crippen LogP contribution in [-0.2, 0) is 0 Å². The topological polar surface area (TPSA) is 17.8 Å². The second-order valence-corrected chi connectivity index (χ2v) is 8.61. The van der Waals surface area contributed by atoms with Crippen molar-refractivity contribution in [3.8, 4) is 28.2 Å². The normalized spacial score (nSPS) is 11.4. The second kappa shape index (κ2) is 8.31. The lowest BCUT2D eigenvalue weighted by Gasteiger charge is -2.24. The van der Waals surface area contributed by atoms with E-state index < -0.39 is 0 Å². The lowest BCUT2D eigenvalue weighted by atomic mass is 9.88. The van der Waals surface area contributed by atoms with E-state index in [2.05, 4.69) is 112 Å². The lowest BCUT2D eigenvalue weighted by molar-refractivity contribution is 0.807. The minimum atomic E-state index is 0.397. The van der Waals surface area contributed by atoms with Crippen molar-refractivity contribution in [1.29, 1.82) is 0 Å². The first-order chi connectivity index (χ1) is 14.5. The standard InChI is InChI=1S/C28H30N2/c1-19(2)25-17-23(22-12-7-6-8-13-22)18-26(20(3)4)27(25)30-16-15-29-28(30)24-14-10-9-11-21(24)5/h6-20H,1-5H3. The van der Waals surface area contributed by atoms with E-state index >= 15 is 0 Å². The van der Waals surface area contributed by atoms with Crippen LogP contribution in [0.4, 0.5) is 0 Å². The molecule has 2 nitrogen and oxygen atoms in total. The molecule has 0 amide bonds. The molecule has 0 aliphatic heterocycles. The van der Waals surface area contributed by atoms with E-state index in [0.29, 0.717) is 11.8 Å². The van der Waals surface area contributed by atoms with Gasteiger partial charge in [-0.2, -0.15) is 0 Å². The largest absolute Gasteiger partial charge is 0.299 e. The zero-order chi connectivity index (χ0) is 21.3. The van der Waals surface area contributed by atoms with Crippen molar-refractivity contribution in [1.82, 2.24) is 9.55 Å². The van der Waals surface area contributed by atoms with Gasteiger partial charge in [-0.25, -0.2) is 4.98 Å². The summed E-state index contributed by atoms with van der Waals surface area (Å²) < 4.78 is 2.29. The molecule has 0 radical (unpaired) electrons. The van der Waals surface area contributed by atoms with Gasteiger partial charge in [0.25, 0.3) is 0 Å². The van der Waals surface area contributed by atoms with Crippen LogP contribution >= 0.6 is 0 Å². The number of aryl methyl sites for hydroxylation is 1. The third-order valence-electron chi connectivity index (χ3n) is 5.79. The lowest BCUT2D eigenvalue weighted by Crippen LogP contribution is -2.09. The molecule has 0 unspecified atom stereocenters. The molecule has 0 bridgehead atoms. The Morgan fingerprint density at radius 1 is 0.733 bits per heavy atom. The van der Waals surface area contributed by atoms with Crippen LogP contribution in [-0.4, -0.2) is 9.55 Å². The van der Waals surface area contributed by atoms with E-state index in [4.69, 9.17) is 4.98 Å². The zero-order valence-electron chi connectivity index (χ0n) is 18.6. The Balaban J connectivity index is 2.00. The van der Waals surface area contributed by atoms with Crippen LogP contribution in [0.5, 0.6) is 0 Å². The quantitative estimate of drug-likeness (QED) is 0.338. The Kier molecular flexibility index (Phi) is 5.59. The van der Waals surface area contributed by atoms with Gasteiger partial charge >= 0.3 is 0 Å². The van der Waals surface area contributed by atoms with Gasteiger partial charge < -0.3 is 0 Å². The van der Waals surface area contributed by atoms with Crippen molar-refractivity contribution >= 4 is 0 Å². The Hall–Kier alpha value is -3.13. The van der Waals surface area contributed by atoms with Crippen molar-refractivity contribution in [3.05, 3.63) is 95.8 Å². The van der Waals surface area contributed by atoms with Gasteiger partial charge in [0.05, 0.1) is 5.69 Å². The van der Waals surface area contributed by atoms with Gasteiger partial charge in [0, 0.05) is 18.0 Å². The van der Waals surface area contributed by atoms with Gasteiger partial charge in [-0.1, -0.05) is 82.3 Å². The van der Waals surface area contributed by atoms with Crippen LogP contribution < -0.4 is 0 Å². The Labute approximate surface area is 180 Å². The summed E-state index contributed by atoms with van der Waals surface area (Å²) in [7, 11) is 0. The van der Waals surface area contributed by atoms with Gasteiger partial charge in [-0.05, 0) is 58.7 Å². The van der Waals surface area contributed by atoms with Crippen molar-refractivity contribution in [2.45, 2.75) is 46.5 Å². The van der Waals surface area contributed by atoms with Crippen LogP contribution in [0.1, 0.15) is 56.2 Å². The third kappa shape index (κ3) is 3.70. The summed E-state index contributed by atoms with van der Waals surface area (Å²) in [5.74, 6) is 1.80. The SMILES string of the molecule is Cc1ccccc1-c1nccn1-c1c(C(C)C)cc(-c2ccccc2)cc1C(C)C. The average molecular weight is 395 g/mol. The van der Waals surface area contributed by atoms with Crippen LogP contribution in [0.2, 0.25) is 0 Å². The molecule has 0 atom stereocenters. The summed E-state index contributed by atoms with van der Waals surface area (Å²) in [4.78, 5) is 4.77. The fraction of sp³-hybridized carbons (Fsp3) is 0.250. The summed E-state index contributed by atoms with van der Waals surface area (Å²) in [5.41, 5.74) is 8.94. The molecule has 3 aromatic carbocycles. The maximum Gasteiger partial charge on any atom is 0.144 e. The number of rotatable bonds is 5. The summed E-state index contributed by atoms with van der Waals surface area (Å²) in [5, 5.41) is 0. The molecule has 2 heteroatoms. The summed E-state index contributed by atoms with van der Waals surface area (Å²) in [6.45, 7) is 11.3. The van der Waals surface area contributed by atoms with Crippen molar-refractivity contribution < 1.29 is 0 Å². The van der Waals surface area contributed by atoms with E-state index in [1.165, 1.54) is 39.1 Å². The highest BCUT2D eigenvalue weighted by Gasteiger charge is 2.21. The Morgan fingerprint density at radius 3 is 1.93 bits per heavy atom. The number of benzene rings is 3. The van der Waals surface area contributed by atoms with E-state index in [-0.39, 0.29) is 0 Å². The van der Waals surface area contributed by atoms with Gasteiger partial charge in [0.2, 0.25) is 0 Å². The third-order valence-corrected chi connectivity index (χ3v) is 5.79. The number of aromatic nitrogens is 2. The zero-order valence-corrected chi connectivity index (χ0v) is 18.6. The molecular weight excluding hydrogens is 364 g/mol. The molecule has 4 rings (SSSR count). The number of imidazole rings is 1. The van der Waals surface area contributed by atoms with E-state index in [1.807, 2.05) is 6.20 Å². The Morgan fingerprint density at radius 2 is 1.33 bits per heavy atom. The molecule has 152 valence electrons. The first-order valence-corrected chi connectivity index (χ1v) is 10.8. The van der Waals surface area contributed by atoms with Gasteiger partial charge in [-0.3, -0.25) is 4.57 Å². The maximum atomic E-state index is 4.77. The molecule has 0 aliphatic rings. The second-order valence-electron chi connectivity index (χ2n) is 8.61. The molecule has 30 heavy (non-hydrogen) atoms. The molecule has 0 aliphatic carbocycles. The highest BCUT2D eigenvalue weighted by Crippen LogP contribution is 2.38. The fourth-order valence-corrected chi connectivity index (χ4v) is 4.14. The van der Waals surface area contributed by atoms with E-state index in [1.54, 1.807) is 0 Å². The summed E-state index contributed by atoms with van der Waals surface area (Å²) in [6.07, 6.45) is 4.03. The molecular formula is C28H30N2. The van der Waals surface area contributed by atoms with Crippen LogP contribution in [0, 0.1) is 6.92 Å². The molecule has 0 saturated carbocycles. The molecule has 0 saturated heterocycles. The van der Waals surface area contributed by atoms with Crippen LogP contribution in [0.15, 0.2) is 79.1 Å². The van der Waals surface area contributed by atoms with Crippen LogP contribution in [0.25, 0.3) is 28.2 Å². The monoisotopic (exact) mass is 394 g/mol. The minimum Gasteiger partial charge on any atom is -0.299 e. The van der Waals surface area contributed by atoms with E-state index in [0.717, 1.165) is 5.82 Å². The van der Waals surface area contributed by atoms with Crippen molar-refractivity contribution in [3.63, 3.8) is 0 Å². The number of nitrogens with zero attached hydrogens (tertiary/aromatic N) is 2. The molecule has 1 aromatic heterocycles. The van der Waals surface area contributed by atoms with Gasteiger partial charge in [0.15, 0.2) is 0 Å². The summed E-state index contributed by atoms with van der Waals surface area (Å²) >= 11 is 0. The smallest absolute Gasteiger partial charge is 0.144 e. The highest BCUT2D eigenvalue weighted by molar-refractivity contribution is 5.72. The maximum absolute atomic E-state index is 4.77. The first kappa shape index (κ1) is 20.2. The molecule has 4 aromatic rings. The first-order valence-electron chi connectivity index (χ1n) is 10.8. The predicted molar refractivity (Wildman–Crippen MR) is 127 cm³/mol. The predicted octanol–water partition coefficient (Wildman–Crippen LogP) is 7.76. The van der Waals surface area contributed by atoms with Crippen LogP contribution in [0.3, 0.4) is 0 Å². The molecule has 1 heterocycles.